The van der Waals surface area contributed by atoms with E-state index in [0.29, 0.717) is 0 Å². The van der Waals surface area contributed by atoms with E-state index < -0.39 is 0 Å². The largest absolute Gasteiger partial charge is 0.0622 e. The van der Waals surface area contributed by atoms with Gasteiger partial charge in [-0.3, -0.25) is 0 Å². The van der Waals surface area contributed by atoms with Crippen LogP contribution in [0.15, 0.2) is 60.7 Å². The first-order chi connectivity index (χ1) is 11.9. The topological polar surface area (TPSA) is 0 Å². The van der Waals surface area contributed by atoms with Crippen LogP contribution >= 0.6 is 0 Å². The third kappa shape index (κ3) is 3.43. The Balaban J connectivity index is 1.39. The van der Waals surface area contributed by atoms with Crippen LogP contribution in [0.4, 0.5) is 0 Å². The van der Waals surface area contributed by atoms with E-state index in [1.54, 1.807) is 11.1 Å². The Hall–Kier alpha value is -1.56. The summed E-state index contributed by atoms with van der Waals surface area (Å²) in [5, 5.41) is 0. The minimum atomic E-state index is 0.822. The van der Waals surface area contributed by atoms with Gasteiger partial charge in [-0.25, -0.2) is 0 Å². The summed E-state index contributed by atoms with van der Waals surface area (Å²) in [5.41, 5.74) is 3.18. The second-order valence-electron chi connectivity index (χ2n) is 7.99. The maximum atomic E-state index is 2.35. The zero-order valence-electron chi connectivity index (χ0n) is 14.7. The number of rotatable bonds is 5. The minimum absolute atomic E-state index is 0.822. The van der Waals surface area contributed by atoms with E-state index in [1.807, 2.05) is 0 Å². The third-order valence-corrected chi connectivity index (χ3v) is 6.68. The summed E-state index contributed by atoms with van der Waals surface area (Å²) in [6.45, 7) is 0. The van der Waals surface area contributed by atoms with Crippen LogP contribution in [0.2, 0.25) is 0 Å². The van der Waals surface area contributed by atoms with E-state index in [9.17, 15) is 0 Å². The summed E-state index contributed by atoms with van der Waals surface area (Å²) >= 11 is 0. The van der Waals surface area contributed by atoms with Gasteiger partial charge in [0.25, 0.3) is 0 Å². The Bertz CT molecular complexity index is 558. The van der Waals surface area contributed by atoms with Crippen molar-refractivity contribution >= 4 is 0 Å². The molecule has 2 aliphatic carbocycles. The van der Waals surface area contributed by atoms with Crippen LogP contribution in [0.5, 0.6) is 0 Å². The lowest BCUT2D eigenvalue weighted by Gasteiger charge is -2.25. The van der Waals surface area contributed by atoms with Crippen LogP contribution in [0.1, 0.15) is 74.3 Å². The average molecular weight is 319 g/mol. The summed E-state index contributed by atoms with van der Waals surface area (Å²) in [7, 11) is 0. The average Bonchev–Trinajstić information content (AvgIpc) is 3.30. The molecule has 2 aliphatic rings. The SMILES string of the molecule is c1ccc(C2CCCC2CCC2CCCC2c2ccccc2)cc1. The molecular weight excluding hydrogens is 288 g/mol. The molecule has 4 unspecified atom stereocenters. The highest BCUT2D eigenvalue weighted by Crippen LogP contribution is 2.46. The first-order valence-electron chi connectivity index (χ1n) is 10.0. The van der Waals surface area contributed by atoms with Gasteiger partial charge in [-0.1, -0.05) is 73.5 Å². The molecule has 0 bridgehead atoms. The second-order valence-corrected chi connectivity index (χ2v) is 7.99. The van der Waals surface area contributed by atoms with Crippen LogP contribution in [0, 0.1) is 11.8 Å². The van der Waals surface area contributed by atoms with Gasteiger partial charge in [0.15, 0.2) is 0 Å². The Morgan fingerprint density at radius 3 is 1.38 bits per heavy atom. The molecule has 24 heavy (non-hydrogen) atoms. The molecule has 0 N–H and O–H groups in total. The fraction of sp³-hybridized carbons (Fsp3) is 0.500. The van der Waals surface area contributed by atoms with Gasteiger partial charge >= 0.3 is 0 Å². The van der Waals surface area contributed by atoms with Crippen LogP contribution < -0.4 is 0 Å². The summed E-state index contributed by atoms with van der Waals surface area (Å²) in [6, 6.07) is 22.6. The molecule has 2 aromatic rings. The fourth-order valence-electron chi connectivity index (χ4n) is 5.47. The van der Waals surface area contributed by atoms with Gasteiger partial charge in [-0.15, -0.1) is 0 Å². The Morgan fingerprint density at radius 2 is 0.958 bits per heavy atom. The van der Waals surface area contributed by atoms with Gasteiger partial charge in [0.1, 0.15) is 0 Å². The monoisotopic (exact) mass is 318 g/mol. The number of hydrogen-bond donors (Lipinski definition) is 0. The highest BCUT2D eigenvalue weighted by Gasteiger charge is 2.32. The molecule has 0 amide bonds. The molecule has 126 valence electrons. The molecule has 0 saturated heterocycles. The molecule has 0 nitrogen and oxygen atoms in total. The molecule has 0 aliphatic heterocycles. The van der Waals surface area contributed by atoms with Crippen molar-refractivity contribution in [3.8, 4) is 0 Å². The summed E-state index contributed by atoms with van der Waals surface area (Å²) < 4.78 is 0. The molecule has 4 rings (SSSR count). The second kappa shape index (κ2) is 7.55. The highest BCUT2D eigenvalue weighted by atomic mass is 14.4. The normalized spacial score (nSPS) is 29.8. The van der Waals surface area contributed by atoms with Crippen molar-refractivity contribution in [1.82, 2.24) is 0 Å². The zero-order valence-corrected chi connectivity index (χ0v) is 14.7. The van der Waals surface area contributed by atoms with E-state index in [2.05, 4.69) is 60.7 Å². The van der Waals surface area contributed by atoms with Gasteiger partial charge in [0.2, 0.25) is 0 Å². The number of hydrogen-bond acceptors (Lipinski definition) is 0. The quantitative estimate of drug-likeness (QED) is 0.560. The van der Waals surface area contributed by atoms with Crippen molar-refractivity contribution in [2.24, 2.45) is 11.8 Å². The summed E-state index contributed by atoms with van der Waals surface area (Å²) in [5.74, 6) is 3.49. The first-order valence-corrected chi connectivity index (χ1v) is 10.0. The molecule has 4 atom stereocenters. The molecule has 2 saturated carbocycles. The van der Waals surface area contributed by atoms with Crippen LogP contribution in [0.3, 0.4) is 0 Å². The summed E-state index contributed by atoms with van der Waals surface area (Å²) in [4.78, 5) is 0. The van der Waals surface area contributed by atoms with Crippen LogP contribution in [-0.2, 0) is 0 Å². The van der Waals surface area contributed by atoms with E-state index in [4.69, 9.17) is 0 Å². The zero-order chi connectivity index (χ0) is 16.2. The first kappa shape index (κ1) is 15.9. The molecule has 0 aromatic heterocycles. The molecule has 0 heterocycles. The minimum Gasteiger partial charge on any atom is -0.0622 e. The van der Waals surface area contributed by atoms with Crippen LogP contribution in [0.25, 0.3) is 0 Å². The van der Waals surface area contributed by atoms with Crippen molar-refractivity contribution in [2.75, 3.05) is 0 Å². The van der Waals surface area contributed by atoms with Crippen molar-refractivity contribution < 1.29 is 0 Å². The van der Waals surface area contributed by atoms with Gasteiger partial charge < -0.3 is 0 Å². The predicted octanol–water partition coefficient (Wildman–Crippen LogP) is 6.93. The van der Waals surface area contributed by atoms with Gasteiger partial charge in [0, 0.05) is 0 Å². The maximum Gasteiger partial charge on any atom is -0.0134 e. The smallest absolute Gasteiger partial charge is 0.0134 e. The lowest BCUT2D eigenvalue weighted by Crippen LogP contribution is -2.11. The van der Waals surface area contributed by atoms with E-state index >= 15 is 0 Å². The Labute approximate surface area is 147 Å². The van der Waals surface area contributed by atoms with Crippen molar-refractivity contribution in [3.05, 3.63) is 71.8 Å². The summed E-state index contributed by atoms with van der Waals surface area (Å²) in [6.07, 6.45) is 11.4. The molecular formula is C24H30. The maximum absolute atomic E-state index is 2.35. The van der Waals surface area contributed by atoms with Crippen molar-refractivity contribution in [3.63, 3.8) is 0 Å². The van der Waals surface area contributed by atoms with Crippen molar-refractivity contribution in [2.45, 2.75) is 63.2 Å². The molecule has 2 aromatic carbocycles. The van der Waals surface area contributed by atoms with E-state index in [-0.39, 0.29) is 0 Å². The van der Waals surface area contributed by atoms with Gasteiger partial charge in [-0.2, -0.15) is 0 Å². The fourth-order valence-corrected chi connectivity index (χ4v) is 5.47. The Kier molecular flexibility index (Phi) is 5.02. The molecule has 0 heteroatoms. The molecule has 0 spiro atoms. The van der Waals surface area contributed by atoms with Gasteiger partial charge in [-0.05, 0) is 73.3 Å². The standard InChI is InChI=1S/C24H30/c1-3-9-19(10-4-1)23-15-7-13-21(23)17-18-22-14-8-16-24(22)20-11-5-2-6-12-20/h1-6,9-12,21-24H,7-8,13-18H2. The third-order valence-electron chi connectivity index (χ3n) is 6.68. The molecule has 2 fully saturated rings. The van der Waals surface area contributed by atoms with E-state index in [1.165, 1.54) is 51.4 Å². The molecule has 0 radical (unpaired) electrons. The Morgan fingerprint density at radius 1 is 0.542 bits per heavy atom. The lowest BCUT2D eigenvalue weighted by molar-refractivity contribution is 0.358. The van der Waals surface area contributed by atoms with Crippen LogP contribution in [-0.4, -0.2) is 0 Å². The predicted molar refractivity (Wildman–Crippen MR) is 102 cm³/mol. The van der Waals surface area contributed by atoms with E-state index in [0.717, 1.165) is 23.7 Å². The lowest BCUT2D eigenvalue weighted by atomic mass is 9.80. The highest BCUT2D eigenvalue weighted by molar-refractivity contribution is 5.22. The van der Waals surface area contributed by atoms with Crippen molar-refractivity contribution in [1.29, 1.82) is 0 Å². The van der Waals surface area contributed by atoms with Gasteiger partial charge in [0.05, 0.1) is 0 Å². The number of benzene rings is 2.